The Bertz CT molecular complexity index is 158. The van der Waals surface area contributed by atoms with Crippen LogP contribution in [0.2, 0.25) is 0 Å². The molecule has 3 heteroatoms. The largest absolute Gasteiger partial charge is 0.390 e. The molecule has 2 fully saturated rings. The topological polar surface area (TPSA) is 38.7 Å². The maximum Gasteiger partial charge on any atom is 0.0887 e. The minimum atomic E-state index is -0.343. The van der Waals surface area contributed by atoms with E-state index in [0.29, 0.717) is 6.61 Å². The van der Waals surface area contributed by atoms with Gasteiger partial charge in [-0.2, -0.15) is 0 Å². The van der Waals surface area contributed by atoms with E-state index in [2.05, 4.69) is 0 Å². The van der Waals surface area contributed by atoms with Crippen LogP contribution in [-0.4, -0.2) is 36.6 Å². The van der Waals surface area contributed by atoms with Gasteiger partial charge in [0.15, 0.2) is 0 Å². The molecule has 0 aromatic carbocycles. The van der Waals surface area contributed by atoms with Gasteiger partial charge in [-0.3, -0.25) is 0 Å². The fraction of sp³-hybridized carbons (Fsp3) is 1.00. The first-order valence-corrected chi connectivity index (χ1v) is 4.70. The molecule has 0 radical (unpaired) electrons. The van der Waals surface area contributed by atoms with Crippen LogP contribution in [0.4, 0.5) is 0 Å². The van der Waals surface area contributed by atoms with Crippen LogP contribution in [0.15, 0.2) is 0 Å². The van der Waals surface area contributed by atoms with Crippen LogP contribution < -0.4 is 0 Å². The van der Waals surface area contributed by atoms with Crippen LogP contribution in [0, 0.1) is 5.92 Å². The normalized spacial score (nSPS) is 48.5. The highest BCUT2D eigenvalue weighted by Crippen LogP contribution is 2.29. The number of aliphatic hydroxyl groups is 1. The quantitative estimate of drug-likeness (QED) is 0.580. The van der Waals surface area contributed by atoms with Gasteiger partial charge >= 0.3 is 0 Å². The fourth-order valence-electron chi connectivity index (χ4n) is 2.04. The Kier molecular flexibility index (Phi) is 2.35. The van der Waals surface area contributed by atoms with E-state index in [0.717, 1.165) is 19.4 Å². The van der Waals surface area contributed by atoms with Crippen molar-refractivity contribution in [3.8, 4) is 0 Å². The Morgan fingerprint density at radius 1 is 1.33 bits per heavy atom. The molecule has 2 rings (SSSR count). The number of rotatable bonds is 0. The maximum absolute atomic E-state index is 9.51. The summed E-state index contributed by atoms with van der Waals surface area (Å²) in [5.41, 5.74) is 0. The van der Waals surface area contributed by atoms with Crippen LogP contribution in [0.3, 0.4) is 0 Å². The second kappa shape index (κ2) is 3.32. The molecule has 2 aliphatic rings. The zero-order valence-electron chi connectivity index (χ0n) is 7.40. The zero-order chi connectivity index (χ0) is 8.55. The van der Waals surface area contributed by atoms with Crippen molar-refractivity contribution in [3.63, 3.8) is 0 Å². The van der Waals surface area contributed by atoms with E-state index in [1.165, 1.54) is 0 Å². The lowest BCUT2D eigenvalue weighted by Gasteiger charge is -2.41. The third kappa shape index (κ3) is 1.37. The van der Waals surface area contributed by atoms with E-state index in [9.17, 15) is 5.11 Å². The highest BCUT2D eigenvalue weighted by Gasteiger charge is 2.39. The second-order valence-electron chi connectivity index (χ2n) is 3.78. The molecule has 12 heavy (non-hydrogen) atoms. The van der Waals surface area contributed by atoms with Crippen molar-refractivity contribution >= 4 is 0 Å². The van der Waals surface area contributed by atoms with Crippen LogP contribution >= 0.6 is 0 Å². The van der Waals surface area contributed by atoms with Gasteiger partial charge < -0.3 is 14.6 Å². The fourth-order valence-corrected chi connectivity index (χ4v) is 2.04. The van der Waals surface area contributed by atoms with Crippen LogP contribution in [0.25, 0.3) is 0 Å². The predicted molar refractivity (Wildman–Crippen MR) is 43.9 cm³/mol. The summed E-state index contributed by atoms with van der Waals surface area (Å²) in [7, 11) is 0. The maximum atomic E-state index is 9.51. The standard InChI is InChI=1S/C9H16O3/c1-6-7(10)5-12-8-3-2-4-11-9(6)8/h6-10H,2-5H2,1H3. The van der Waals surface area contributed by atoms with Crippen molar-refractivity contribution in [2.45, 2.75) is 38.1 Å². The lowest BCUT2D eigenvalue weighted by atomic mass is 9.88. The van der Waals surface area contributed by atoms with Crippen LogP contribution in [0.1, 0.15) is 19.8 Å². The summed E-state index contributed by atoms with van der Waals surface area (Å²) in [6.07, 6.45) is 2.19. The van der Waals surface area contributed by atoms with Gasteiger partial charge in [0.05, 0.1) is 24.9 Å². The molecule has 0 amide bonds. The zero-order valence-corrected chi connectivity index (χ0v) is 7.40. The van der Waals surface area contributed by atoms with Crippen LogP contribution in [-0.2, 0) is 9.47 Å². The van der Waals surface area contributed by atoms with Gasteiger partial charge in [-0.15, -0.1) is 0 Å². The predicted octanol–water partition coefficient (Wildman–Crippen LogP) is 0.561. The molecule has 4 atom stereocenters. The van der Waals surface area contributed by atoms with Gasteiger partial charge in [0.2, 0.25) is 0 Å². The second-order valence-corrected chi connectivity index (χ2v) is 3.78. The number of hydrogen-bond donors (Lipinski definition) is 1. The monoisotopic (exact) mass is 172 g/mol. The van der Waals surface area contributed by atoms with Crippen molar-refractivity contribution in [3.05, 3.63) is 0 Å². The molecule has 4 unspecified atom stereocenters. The lowest BCUT2D eigenvalue weighted by Crippen LogP contribution is -2.51. The third-order valence-corrected chi connectivity index (χ3v) is 2.92. The van der Waals surface area contributed by atoms with E-state index in [1.54, 1.807) is 0 Å². The van der Waals surface area contributed by atoms with Crippen molar-refractivity contribution in [1.29, 1.82) is 0 Å². The Hall–Kier alpha value is -0.120. The number of aliphatic hydroxyl groups excluding tert-OH is 1. The molecule has 2 heterocycles. The van der Waals surface area contributed by atoms with E-state index in [-0.39, 0.29) is 24.2 Å². The third-order valence-electron chi connectivity index (χ3n) is 2.92. The highest BCUT2D eigenvalue weighted by atomic mass is 16.6. The summed E-state index contributed by atoms with van der Waals surface area (Å²) in [6.45, 7) is 3.34. The average molecular weight is 172 g/mol. The Labute approximate surface area is 72.7 Å². The highest BCUT2D eigenvalue weighted by molar-refractivity contribution is 4.87. The van der Waals surface area contributed by atoms with E-state index >= 15 is 0 Å². The SMILES string of the molecule is CC1C(O)COC2CCCOC21. The lowest BCUT2D eigenvalue weighted by molar-refractivity contribution is -0.194. The summed E-state index contributed by atoms with van der Waals surface area (Å²) in [5.74, 6) is 0.226. The van der Waals surface area contributed by atoms with Crippen molar-refractivity contribution in [2.24, 2.45) is 5.92 Å². The minimum Gasteiger partial charge on any atom is -0.390 e. The smallest absolute Gasteiger partial charge is 0.0887 e. The first-order chi connectivity index (χ1) is 5.79. The minimum absolute atomic E-state index is 0.127. The van der Waals surface area contributed by atoms with Gasteiger partial charge in [0.1, 0.15) is 0 Å². The molecule has 3 nitrogen and oxygen atoms in total. The molecule has 0 aromatic heterocycles. The van der Waals surface area contributed by atoms with Gasteiger partial charge in [-0.05, 0) is 12.8 Å². The molecule has 1 N–H and O–H groups in total. The summed E-state index contributed by atoms with van der Waals surface area (Å²) >= 11 is 0. The van der Waals surface area contributed by atoms with Crippen molar-refractivity contribution in [1.82, 2.24) is 0 Å². The number of fused-ring (bicyclic) bond motifs is 1. The molecule has 70 valence electrons. The first-order valence-electron chi connectivity index (χ1n) is 4.70. The van der Waals surface area contributed by atoms with Crippen molar-refractivity contribution in [2.75, 3.05) is 13.2 Å². The summed E-state index contributed by atoms with van der Waals surface area (Å²) < 4.78 is 11.1. The molecule has 2 aliphatic heterocycles. The number of hydrogen-bond acceptors (Lipinski definition) is 3. The molecule has 0 aromatic rings. The van der Waals surface area contributed by atoms with Gasteiger partial charge in [0.25, 0.3) is 0 Å². The molecule has 0 bridgehead atoms. The summed E-state index contributed by atoms with van der Waals surface area (Å²) in [5, 5.41) is 9.51. The van der Waals surface area contributed by atoms with Gasteiger partial charge in [0, 0.05) is 12.5 Å². The van der Waals surface area contributed by atoms with Gasteiger partial charge in [-0.1, -0.05) is 6.92 Å². The number of ether oxygens (including phenoxy) is 2. The van der Waals surface area contributed by atoms with E-state index in [1.807, 2.05) is 6.92 Å². The molecular weight excluding hydrogens is 156 g/mol. The molecule has 0 spiro atoms. The first kappa shape index (κ1) is 8.48. The Balaban J connectivity index is 2.03. The van der Waals surface area contributed by atoms with Gasteiger partial charge in [-0.25, -0.2) is 0 Å². The Morgan fingerprint density at radius 2 is 2.17 bits per heavy atom. The van der Waals surface area contributed by atoms with Crippen LogP contribution in [0.5, 0.6) is 0 Å². The molecule has 2 saturated heterocycles. The van der Waals surface area contributed by atoms with E-state index < -0.39 is 0 Å². The van der Waals surface area contributed by atoms with E-state index in [4.69, 9.17) is 9.47 Å². The summed E-state index contributed by atoms with van der Waals surface area (Å²) in [4.78, 5) is 0. The Morgan fingerprint density at radius 3 is 3.00 bits per heavy atom. The molecular formula is C9H16O3. The molecule has 0 aliphatic carbocycles. The van der Waals surface area contributed by atoms with Crippen molar-refractivity contribution < 1.29 is 14.6 Å². The average Bonchev–Trinajstić information content (AvgIpc) is 2.12. The molecule has 0 saturated carbocycles. The summed E-state index contributed by atoms with van der Waals surface area (Å²) in [6, 6.07) is 0.